The number of para-hydroxylation sites is 1. The van der Waals surface area contributed by atoms with E-state index in [0.717, 1.165) is 23.4 Å². The van der Waals surface area contributed by atoms with E-state index in [9.17, 15) is 13.6 Å². The van der Waals surface area contributed by atoms with E-state index in [-0.39, 0.29) is 12.3 Å². The Balaban J connectivity index is 1.57. The van der Waals surface area contributed by atoms with Crippen molar-refractivity contribution >= 4 is 5.91 Å². The summed E-state index contributed by atoms with van der Waals surface area (Å²) in [5, 5.41) is 2.86. The van der Waals surface area contributed by atoms with Crippen molar-refractivity contribution in [3.8, 4) is 5.69 Å². The third kappa shape index (κ3) is 4.29. The van der Waals surface area contributed by atoms with E-state index in [4.69, 9.17) is 0 Å². The summed E-state index contributed by atoms with van der Waals surface area (Å²) in [6, 6.07) is 11.4. The molecule has 0 spiro atoms. The number of hydrogen-bond acceptors (Lipinski definition) is 2. The minimum atomic E-state index is -0.896. The zero-order valence-electron chi connectivity index (χ0n) is 13.5. The van der Waals surface area contributed by atoms with Crippen LogP contribution in [-0.4, -0.2) is 15.5 Å². The molecule has 0 unspecified atom stereocenters. The second-order valence-corrected chi connectivity index (χ2v) is 5.62. The lowest BCUT2D eigenvalue weighted by molar-refractivity contribution is -0.121. The molecule has 3 rings (SSSR count). The molecule has 1 aromatic heterocycles. The molecule has 1 amide bonds. The van der Waals surface area contributed by atoms with Gasteiger partial charge in [0.1, 0.15) is 0 Å². The largest absolute Gasteiger partial charge is 0.352 e. The first kappa shape index (κ1) is 16.8. The number of aromatic nitrogens is 2. The van der Waals surface area contributed by atoms with Crippen molar-refractivity contribution < 1.29 is 13.6 Å². The molecule has 0 aliphatic heterocycles. The van der Waals surface area contributed by atoms with Gasteiger partial charge in [0.05, 0.1) is 12.0 Å². The second-order valence-electron chi connectivity index (χ2n) is 5.62. The zero-order valence-corrected chi connectivity index (χ0v) is 13.5. The Kier molecular flexibility index (Phi) is 5.18. The summed E-state index contributed by atoms with van der Waals surface area (Å²) in [5.41, 5.74) is 2.50. The van der Waals surface area contributed by atoms with E-state index in [1.54, 1.807) is 12.5 Å². The Labute approximate surface area is 144 Å². The number of hydrogen-bond donors (Lipinski definition) is 1. The fourth-order valence-corrected chi connectivity index (χ4v) is 2.55. The molecule has 4 nitrogen and oxygen atoms in total. The zero-order chi connectivity index (χ0) is 17.6. The maximum Gasteiger partial charge on any atom is 0.220 e. The predicted molar refractivity (Wildman–Crippen MR) is 90.1 cm³/mol. The smallest absolute Gasteiger partial charge is 0.220 e. The predicted octanol–water partition coefficient (Wildman–Crippen LogP) is 3.40. The lowest BCUT2D eigenvalue weighted by Gasteiger charge is -2.11. The Morgan fingerprint density at radius 1 is 1.12 bits per heavy atom. The summed E-state index contributed by atoms with van der Waals surface area (Å²) in [5.74, 6) is -1.93. The van der Waals surface area contributed by atoms with Gasteiger partial charge in [0, 0.05) is 25.4 Å². The number of nitrogens with one attached hydrogen (secondary N) is 1. The molecule has 0 aliphatic rings. The topological polar surface area (TPSA) is 46.9 Å². The molecule has 0 radical (unpaired) electrons. The lowest BCUT2D eigenvalue weighted by atomic mass is 10.1. The van der Waals surface area contributed by atoms with Gasteiger partial charge in [-0.1, -0.05) is 24.3 Å². The highest BCUT2D eigenvalue weighted by Crippen LogP contribution is 2.14. The third-order valence-electron chi connectivity index (χ3n) is 3.87. The number of halogens is 2. The first-order chi connectivity index (χ1) is 12.1. The average Bonchev–Trinajstić information content (AvgIpc) is 3.15. The van der Waals surface area contributed by atoms with Crippen molar-refractivity contribution in [2.24, 2.45) is 0 Å². The minimum absolute atomic E-state index is 0.148. The SMILES string of the molecule is O=C(CCc1ccc(F)c(F)c1)NCc1ccccc1-n1ccnc1. The van der Waals surface area contributed by atoms with E-state index in [1.807, 2.05) is 35.0 Å². The van der Waals surface area contributed by atoms with Crippen molar-refractivity contribution in [1.29, 1.82) is 0 Å². The van der Waals surface area contributed by atoms with Gasteiger partial charge >= 0.3 is 0 Å². The van der Waals surface area contributed by atoms with E-state index in [2.05, 4.69) is 10.3 Å². The summed E-state index contributed by atoms with van der Waals surface area (Å²) in [7, 11) is 0. The van der Waals surface area contributed by atoms with Crippen molar-refractivity contribution in [2.75, 3.05) is 0 Å². The molecule has 25 heavy (non-hydrogen) atoms. The molecular formula is C19H17F2N3O. The van der Waals surface area contributed by atoms with Gasteiger partial charge < -0.3 is 9.88 Å². The van der Waals surface area contributed by atoms with Crippen LogP contribution >= 0.6 is 0 Å². The molecule has 0 aliphatic carbocycles. The Hall–Kier alpha value is -3.02. The average molecular weight is 341 g/mol. The van der Waals surface area contributed by atoms with E-state index in [1.165, 1.54) is 6.07 Å². The first-order valence-electron chi connectivity index (χ1n) is 7.90. The highest BCUT2D eigenvalue weighted by Gasteiger charge is 2.08. The van der Waals surface area contributed by atoms with Crippen molar-refractivity contribution in [2.45, 2.75) is 19.4 Å². The Morgan fingerprint density at radius 3 is 2.72 bits per heavy atom. The molecule has 0 saturated heterocycles. The van der Waals surface area contributed by atoms with Gasteiger partial charge in [-0.15, -0.1) is 0 Å². The van der Waals surface area contributed by atoms with Gasteiger partial charge in [-0.05, 0) is 35.7 Å². The number of carbonyl (C=O) groups excluding carboxylic acids is 1. The summed E-state index contributed by atoms with van der Waals surface area (Å²) in [6.45, 7) is 0.380. The van der Waals surface area contributed by atoms with Crippen LogP contribution in [0.5, 0.6) is 0 Å². The van der Waals surface area contributed by atoms with Crippen LogP contribution in [0.3, 0.4) is 0 Å². The number of carbonyl (C=O) groups is 1. The van der Waals surface area contributed by atoms with Crippen LogP contribution in [0.1, 0.15) is 17.5 Å². The standard InChI is InChI=1S/C19H17F2N3O/c20-16-7-5-14(11-17(16)21)6-8-19(25)23-12-15-3-1-2-4-18(15)24-10-9-22-13-24/h1-5,7,9-11,13H,6,8,12H2,(H,23,25). The van der Waals surface area contributed by atoms with Crippen LogP contribution in [0.2, 0.25) is 0 Å². The highest BCUT2D eigenvalue weighted by atomic mass is 19.2. The molecular weight excluding hydrogens is 324 g/mol. The van der Waals surface area contributed by atoms with Crippen LogP contribution < -0.4 is 5.32 Å². The number of rotatable bonds is 6. The summed E-state index contributed by atoms with van der Waals surface area (Å²) < 4.78 is 27.9. The normalized spacial score (nSPS) is 10.6. The number of amides is 1. The summed E-state index contributed by atoms with van der Waals surface area (Å²) >= 11 is 0. The van der Waals surface area contributed by atoms with Crippen LogP contribution in [-0.2, 0) is 17.8 Å². The number of nitrogens with zero attached hydrogens (tertiary/aromatic N) is 2. The quantitative estimate of drug-likeness (QED) is 0.747. The monoisotopic (exact) mass is 341 g/mol. The summed E-state index contributed by atoms with van der Waals surface area (Å²) in [4.78, 5) is 16.1. The molecule has 1 N–H and O–H groups in total. The maximum absolute atomic E-state index is 13.2. The molecule has 0 atom stereocenters. The fourth-order valence-electron chi connectivity index (χ4n) is 2.55. The number of aryl methyl sites for hydroxylation is 1. The molecule has 6 heteroatoms. The van der Waals surface area contributed by atoms with Gasteiger partial charge in [-0.3, -0.25) is 4.79 Å². The molecule has 3 aromatic rings. The van der Waals surface area contributed by atoms with Crippen molar-refractivity contribution in [3.05, 3.63) is 83.9 Å². The highest BCUT2D eigenvalue weighted by molar-refractivity contribution is 5.76. The molecule has 0 bridgehead atoms. The van der Waals surface area contributed by atoms with Crippen molar-refractivity contribution in [1.82, 2.24) is 14.9 Å². The lowest BCUT2D eigenvalue weighted by Crippen LogP contribution is -2.23. The Morgan fingerprint density at radius 2 is 1.96 bits per heavy atom. The van der Waals surface area contributed by atoms with Gasteiger partial charge in [0.15, 0.2) is 11.6 Å². The van der Waals surface area contributed by atoms with Crippen LogP contribution in [0, 0.1) is 11.6 Å². The van der Waals surface area contributed by atoms with Gasteiger partial charge in [0.2, 0.25) is 5.91 Å². The number of benzene rings is 2. The molecule has 0 saturated carbocycles. The van der Waals surface area contributed by atoms with Crippen LogP contribution in [0.25, 0.3) is 5.69 Å². The maximum atomic E-state index is 13.2. The van der Waals surface area contributed by atoms with E-state index in [0.29, 0.717) is 18.5 Å². The van der Waals surface area contributed by atoms with Gasteiger partial charge in [-0.25, -0.2) is 13.8 Å². The number of imidazole rings is 1. The van der Waals surface area contributed by atoms with E-state index < -0.39 is 11.6 Å². The molecule has 2 aromatic carbocycles. The second kappa shape index (κ2) is 7.70. The Bertz CT molecular complexity index is 863. The van der Waals surface area contributed by atoms with Crippen LogP contribution in [0.4, 0.5) is 8.78 Å². The van der Waals surface area contributed by atoms with Crippen molar-refractivity contribution in [3.63, 3.8) is 0 Å². The minimum Gasteiger partial charge on any atom is -0.352 e. The van der Waals surface area contributed by atoms with E-state index >= 15 is 0 Å². The first-order valence-corrected chi connectivity index (χ1v) is 7.90. The van der Waals surface area contributed by atoms with Gasteiger partial charge in [0.25, 0.3) is 0 Å². The fraction of sp³-hybridized carbons (Fsp3) is 0.158. The summed E-state index contributed by atoms with van der Waals surface area (Å²) in [6.07, 6.45) is 5.79. The molecule has 1 heterocycles. The third-order valence-corrected chi connectivity index (χ3v) is 3.87. The van der Waals surface area contributed by atoms with Gasteiger partial charge in [-0.2, -0.15) is 0 Å². The molecule has 0 fully saturated rings. The van der Waals surface area contributed by atoms with Crippen LogP contribution in [0.15, 0.2) is 61.2 Å². The molecule has 128 valence electrons.